The third kappa shape index (κ3) is 2.94. The fourth-order valence-corrected chi connectivity index (χ4v) is 4.06. The molecule has 21 heavy (non-hydrogen) atoms. The Labute approximate surface area is 133 Å². The predicted molar refractivity (Wildman–Crippen MR) is 83.3 cm³/mol. The summed E-state index contributed by atoms with van der Waals surface area (Å²) < 4.78 is 8.58. The van der Waals surface area contributed by atoms with Crippen molar-refractivity contribution in [3.63, 3.8) is 0 Å². The summed E-state index contributed by atoms with van der Waals surface area (Å²) in [5.74, 6) is 0.159. The van der Waals surface area contributed by atoms with Crippen LogP contribution >= 0.6 is 15.9 Å². The molecule has 2 atom stereocenters. The Bertz CT molecular complexity index is 543. The van der Waals surface area contributed by atoms with Crippen molar-refractivity contribution in [1.82, 2.24) is 14.7 Å². The van der Waals surface area contributed by atoms with Crippen LogP contribution in [0.25, 0.3) is 0 Å². The number of halogens is 1. The van der Waals surface area contributed by atoms with E-state index in [0.29, 0.717) is 19.1 Å². The highest BCUT2D eigenvalue weighted by molar-refractivity contribution is 9.10. The molecule has 0 radical (unpaired) electrons. The zero-order valence-electron chi connectivity index (χ0n) is 12.6. The summed E-state index contributed by atoms with van der Waals surface area (Å²) in [5.41, 5.74) is 1.95. The average Bonchev–Trinajstić information content (AvgIpc) is 3.05. The molecule has 0 saturated carbocycles. The summed E-state index contributed by atoms with van der Waals surface area (Å²) in [4.78, 5) is 14.9. The summed E-state index contributed by atoms with van der Waals surface area (Å²) >= 11 is 3.57. The summed E-state index contributed by atoms with van der Waals surface area (Å²) in [5, 5.41) is 4.45. The lowest BCUT2D eigenvalue weighted by molar-refractivity contribution is -0.137. The third-order valence-corrected chi connectivity index (χ3v) is 5.51. The molecule has 5 nitrogen and oxygen atoms in total. The molecule has 3 heterocycles. The lowest BCUT2D eigenvalue weighted by Crippen LogP contribution is -2.49. The molecule has 2 unspecified atom stereocenters. The minimum Gasteiger partial charge on any atom is -0.367 e. The van der Waals surface area contributed by atoms with Crippen molar-refractivity contribution in [2.24, 2.45) is 7.05 Å². The van der Waals surface area contributed by atoms with Crippen molar-refractivity contribution in [3.8, 4) is 0 Å². The van der Waals surface area contributed by atoms with E-state index < -0.39 is 0 Å². The molecule has 0 aliphatic carbocycles. The molecular weight excluding hydrogens is 334 g/mol. The number of ketones is 1. The van der Waals surface area contributed by atoms with E-state index in [0.717, 1.165) is 35.4 Å². The highest BCUT2D eigenvalue weighted by Crippen LogP contribution is 2.25. The first-order chi connectivity index (χ1) is 10.1. The van der Waals surface area contributed by atoms with E-state index in [2.05, 4.69) is 32.9 Å². The van der Waals surface area contributed by atoms with Gasteiger partial charge in [0.1, 0.15) is 6.10 Å². The largest absolute Gasteiger partial charge is 0.367 e. The summed E-state index contributed by atoms with van der Waals surface area (Å²) in [6.07, 6.45) is 3.38. The second kappa shape index (κ2) is 6.18. The first kappa shape index (κ1) is 15.2. The predicted octanol–water partition coefficient (Wildman–Crippen LogP) is 1.72. The number of carbonyl (C=O) groups excluding carboxylic acids is 1. The Morgan fingerprint density at radius 2 is 2.33 bits per heavy atom. The van der Waals surface area contributed by atoms with Crippen molar-refractivity contribution in [1.29, 1.82) is 0 Å². The molecule has 1 aromatic heterocycles. The second-order valence-electron chi connectivity index (χ2n) is 5.94. The van der Waals surface area contributed by atoms with Gasteiger partial charge in [-0.1, -0.05) is 6.92 Å². The van der Waals surface area contributed by atoms with E-state index in [1.54, 1.807) is 0 Å². The molecule has 2 aliphatic heterocycles. The number of rotatable bonds is 4. The maximum absolute atomic E-state index is 12.5. The van der Waals surface area contributed by atoms with Crippen LogP contribution in [0.3, 0.4) is 0 Å². The molecule has 2 saturated heterocycles. The van der Waals surface area contributed by atoms with Gasteiger partial charge in [0.15, 0.2) is 5.78 Å². The van der Waals surface area contributed by atoms with Gasteiger partial charge in [-0.05, 0) is 41.7 Å². The van der Waals surface area contributed by atoms with E-state index in [4.69, 9.17) is 4.74 Å². The van der Waals surface area contributed by atoms with E-state index in [1.165, 1.54) is 12.8 Å². The van der Waals surface area contributed by atoms with Crippen molar-refractivity contribution in [2.75, 3.05) is 19.7 Å². The van der Waals surface area contributed by atoms with Crippen LogP contribution in [0.4, 0.5) is 0 Å². The zero-order chi connectivity index (χ0) is 15.0. The van der Waals surface area contributed by atoms with Crippen molar-refractivity contribution in [2.45, 2.75) is 44.8 Å². The molecule has 1 aromatic rings. The van der Waals surface area contributed by atoms with Gasteiger partial charge in [0.25, 0.3) is 0 Å². The number of nitrogens with zero attached hydrogens (tertiary/aromatic N) is 3. The number of Topliss-reactive ketones (excluding diaryl/α,β-unsaturated/α-hetero) is 1. The summed E-state index contributed by atoms with van der Waals surface area (Å²) in [6, 6.07) is 0.532. The first-order valence-corrected chi connectivity index (χ1v) is 8.48. The van der Waals surface area contributed by atoms with Crippen LogP contribution in [-0.2, 0) is 29.4 Å². The lowest BCUT2D eigenvalue weighted by Gasteiger charge is -2.34. The molecular formula is C15H22BrN3O2. The molecule has 6 heteroatoms. The maximum atomic E-state index is 12.5. The number of hydrogen-bond donors (Lipinski definition) is 0. The summed E-state index contributed by atoms with van der Waals surface area (Å²) in [7, 11) is 1.89. The number of hydrogen-bond acceptors (Lipinski definition) is 4. The van der Waals surface area contributed by atoms with Crippen LogP contribution in [0.15, 0.2) is 4.47 Å². The third-order valence-electron chi connectivity index (χ3n) is 4.59. The van der Waals surface area contributed by atoms with Crippen LogP contribution in [0.1, 0.15) is 31.2 Å². The highest BCUT2D eigenvalue weighted by Gasteiger charge is 2.35. The Morgan fingerprint density at radius 3 is 3.05 bits per heavy atom. The molecule has 116 valence electrons. The Morgan fingerprint density at radius 1 is 1.52 bits per heavy atom. The molecule has 0 amide bonds. The van der Waals surface area contributed by atoms with Crippen molar-refractivity contribution < 1.29 is 9.53 Å². The number of aromatic nitrogens is 2. The Kier molecular flexibility index (Phi) is 4.47. The van der Waals surface area contributed by atoms with Gasteiger partial charge in [0.05, 0.1) is 28.9 Å². The monoisotopic (exact) mass is 355 g/mol. The van der Waals surface area contributed by atoms with Crippen LogP contribution in [0.5, 0.6) is 0 Å². The molecule has 0 aromatic carbocycles. The molecule has 0 spiro atoms. The maximum Gasteiger partial charge on any atom is 0.168 e. The molecule has 2 aliphatic rings. The van der Waals surface area contributed by atoms with Gasteiger partial charge in [0.2, 0.25) is 0 Å². The second-order valence-corrected chi connectivity index (χ2v) is 6.73. The molecule has 0 N–H and O–H groups in total. The van der Waals surface area contributed by atoms with Gasteiger partial charge < -0.3 is 4.74 Å². The van der Waals surface area contributed by atoms with Crippen LogP contribution in [-0.4, -0.2) is 52.3 Å². The first-order valence-electron chi connectivity index (χ1n) is 7.68. The Balaban J connectivity index is 1.68. The highest BCUT2D eigenvalue weighted by atomic mass is 79.9. The molecule has 3 rings (SSSR count). The number of fused-ring (bicyclic) bond motifs is 1. The average molecular weight is 356 g/mol. The van der Waals surface area contributed by atoms with Gasteiger partial charge in [-0.15, -0.1) is 0 Å². The van der Waals surface area contributed by atoms with Gasteiger partial charge in [-0.3, -0.25) is 14.4 Å². The molecule has 2 fully saturated rings. The van der Waals surface area contributed by atoms with Crippen LogP contribution in [0.2, 0.25) is 0 Å². The van der Waals surface area contributed by atoms with Gasteiger partial charge >= 0.3 is 0 Å². The van der Waals surface area contributed by atoms with Crippen LogP contribution < -0.4 is 0 Å². The SMILES string of the molecule is CCc1nn(C)c(CC(=O)C2CN3CCCC3CO2)c1Br. The normalized spacial score (nSPS) is 26.0. The van der Waals surface area contributed by atoms with Gasteiger partial charge in [-0.2, -0.15) is 5.10 Å². The van der Waals surface area contributed by atoms with E-state index in [1.807, 2.05) is 11.7 Å². The summed E-state index contributed by atoms with van der Waals surface area (Å²) in [6.45, 7) is 4.62. The zero-order valence-corrected chi connectivity index (χ0v) is 14.2. The fourth-order valence-electron chi connectivity index (χ4n) is 3.30. The minimum absolute atomic E-state index is 0.159. The molecule has 0 bridgehead atoms. The van der Waals surface area contributed by atoms with E-state index >= 15 is 0 Å². The standard InChI is InChI=1S/C15H22BrN3O2/c1-3-11-15(16)12(18(2)17-11)7-13(20)14-8-19-6-4-5-10(19)9-21-14/h10,14H,3-9H2,1-2H3. The van der Waals surface area contributed by atoms with Crippen molar-refractivity contribution in [3.05, 3.63) is 15.9 Å². The number of aryl methyl sites for hydroxylation is 2. The smallest absolute Gasteiger partial charge is 0.168 e. The van der Waals surface area contributed by atoms with Crippen molar-refractivity contribution >= 4 is 21.7 Å². The van der Waals surface area contributed by atoms with E-state index in [9.17, 15) is 4.79 Å². The topological polar surface area (TPSA) is 47.4 Å². The quantitative estimate of drug-likeness (QED) is 0.824. The van der Waals surface area contributed by atoms with Gasteiger partial charge in [0, 0.05) is 19.6 Å². The lowest BCUT2D eigenvalue weighted by atomic mass is 10.1. The Hall–Kier alpha value is -0.720. The van der Waals surface area contributed by atoms with Crippen LogP contribution in [0, 0.1) is 0 Å². The fraction of sp³-hybridized carbons (Fsp3) is 0.733. The van der Waals surface area contributed by atoms with Gasteiger partial charge in [-0.25, -0.2) is 0 Å². The number of carbonyl (C=O) groups is 1. The van der Waals surface area contributed by atoms with E-state index in [-0.39, 0.29) is 11.9 Å². The number of morpholine rings is 1. The minimum atomic E-state index is -0.286. The number of ether oxygens (including phenoxy) is 1.